The van der Waals surface area contributed by atoms with E-state index in [0.29, 0.717) is 17.1 Å². The molecule has 1 aliphatic rings. The molecule has 7 heteroatoms. The Bertz CT molecular complexity index is 730. The number of anilines is 2. The van der Waals surface area contributed by atoms with Gasteiger partial charge in [-0.25, -0.2) is 4.98 Å². The van der Waals surface area contributed by atoms with Crippen LogP contribution >= 0.6 is 0 Å². The van der Waals surface area contributed by atoms with Gasteiger partial charge in [0.1, 0.15) is 11.4 Å². The Morgan fingerprint density at radius 3 is 3.00 bits per heavy atom. The van der Waals surface area contributed by atoms with E-state index in [0.717, 1.165) is 0 Å². The normalized spacial score (nSPS) is 12.9. The monoisotopic (exact) mass is 285 g/mol. The molecule has 1 aromatic heterocycles. The van der Waals surface area contributed by atoms with E-state index < -0.39 is 5.91 Å². The van der Waals surface area contributed by atoms with Gasteiger partial charge in [-0.3, -0.25) is 9.59 Å². The van der Waals surface area contributed by atoms with Gasteiger partial charge in [-0.05, 0) is 18.2 Å². The lowest BCUT2D eigenvalue weighted by Gasteiger charge is -2.18. The lowest BCUT2D eigenvalue weighted by atomic mass is 10.2. The van der Waals surface area contributed by atoms with Crippen molar-refractivity contribution < 1.29 is 19.4 Å². The molecule has 2 heterocycles. The van der Waals surface area contributed by atoms with Crippen molar-refractivity contribution in [1.29, 1.82) is 0 Å². The smallest absolute Gasteiger partial charge is 0.274 e. The summed E-state index contributed by atoms with van der Waals surface area (Å²) in [6.45, 7) is -0.0570. The molecule has 106 valence electrons. The summed E-state index contributed by atoms with van der Waals surface area (Å²) in [5, 5.41) is 14.6. The summed E-state index contributed by atoms with van der Waals surface area (Å²) in [5.41, 5.74) is 1.15. The highest BCUT2D eigenvalue weighted by Crippen LogP contribution is 2.30. The lowest BCUT2D eigenvalue weighted by Crippen LogP contribution is -2.25. The number of nitrogens with zero attached hydrogens (tertiary/aromatic N) is 1. The third-order valence-corrected chi connectivity index (χ3v) is 2.84. The highest BCUT2D eigenvalue weighted by Gasteiger charge is 2.17. The first-order valence-electron chi connectivity index (χ1n) is 6.16. The van der Waals surface area contributed by atoms with Crippen LogP contribution in [0.4, 0.5) is 11.4 Å². The van der Waals surface area contributed by atoms with Crippen LogP contribution in [0.2, 0.25) is 0 Å². The molecule has 2 aromatic rings. The molecule has 1 aliphatic heterocycles. The molecule has 0 atom stereocenters. The SMILES string of the molecule is O=C1COc2cc(NC(=O)c3cccc(O)n3)ccc2N1. The average Bonchev–Trinajstić information content (AvgIpc) is 2.47. The summed E-state index contributed by atoms with van der Waals surface area (Å²) in [7, 11) is 0. The number of carbonyl (C=O) groups excluding carboxylic acids is 2. The fourth-order valence-corrected chi connectivity index (χ4v) is 1.90. The zero-order chi connectivity index (χ0) is 14.8. The number of aromatic nitrogens is 1. The van der Waals surface area contributed by atoms with Crippen molar-refractivity contribution in [2.45, 2.75) is 0 Å². The highest BCUT2D eigenvalue weighted by atomic mass is 16.5. The Labute approximate surface area is 119 Å². The number of amides is 2. The molecule has 3 rings (SSSR count). The first kappa shape index (κ1) is 12.9. The van der Waals surface area contributed by atoms with E-state index in [2.05, 4.69) is 15.6 Å². The number of hydrogen-bond donors (Lipinski definition) is 3. The third-order valence-electron chi connectivity index (χ3n) is 2.84. The number of pyridine rings is 1. The van der Waals surface area contributed by atoms with E-state index in [1.807, 2.05) is 0 Å². The van der Waals surface area contributed by atoms with Gasteiger partial charge in [0.15, 0.2) is 6.61 Å². The zero-order valence-electron chi connectivity index (χ0n) is 10.8. The Hall–Kier alpha value is -3.09. The van der Waals surface area contributed by atoms with Crippen molar-refractivity contribution in [2.75, 3.05) is 17.2 Å². The molecule has 2 amide bonds. The van der Waals surface area contributed by atoms with E-state index in [4.69, 9.17) is 4.74 Å². The minimum absolute atomic E-state index is 0.0570. The number of benzene rings is 1. The first-order valence-corrected chi connectivity index (χ1v) is 6.16. The molecule has 0 radical (unpaired) electrons. The van der Waals surface area contributed by atoms with Gasteiger partial charge in [-0.1, -0.05) is 6.07 Å². The molecule has 0 fully saturated rings. The maximum absolute atomic E-state index is 12.0. The van der Waals surface area contributed by atoms with Gasteiger partial charge in [0.05, 0.1) is 5.69 Å². The van der Waals surface area contributed by atoms with Gasteiger partial charge < -0.3 is 20.5 Å². The van der Waals surface area contributed by atoms with Crippen LogP contribution in [0.1, 0.15) is 10.5 Å². The molecule has 7 nitrogen and oxygen atoms in total. The summed E-state index contributed by atoms with van der Waals surface area (Å²) in [6.07, 6.45) is 0. The lowest BCUT2D eigenvalue weighted by molar-refractivity contribution is -0.118. The number of aromatic hydroxyl groups is 1. The van der Waals surface area contributed by atoms with Gasteiger partial charge in [-0.15, -0.1) is 0 Å². The van der Waals surface area contributed by atoms with Crippen LogP contribution in [-0.2, 0) is 4.79 Å². The Balaban J connectivity index is 1.79. The summed E-state index contributed by atoms with van der Waals surface area (Å²) in [6, 6.07) is 9.28. The molecule has 0 saturated heterocycles. The first-order chi connectivity index (χ1) is 10.1. The van der Waals surface area contributed by atoms with Crippen molar-refractivity contribution in [2.24, 2.45) is 0 Å². The second-order valence-corrected chi connectivity index (χ2v) is 4.38. The topological polar surface area (TPSA) is 101 Å². The summed E-state index contributed by atoms with van der Waals surface area (Å²) in [5.74, 6) is -0.413. The van der Waals surface area contributed by atoms with E-state index in [1.165, 1.54) is 18.2 Å². The van der Waals surface area contributed by atoms with Crippen molar-refractivity contribution in [3.8, 4) is 11.6 Å². The molecule has 0 bridgehead atoms. The van der Waals surface area contributed by atoms with Gasteiger partial charge in [0.2, 0.25) is 5.88 Å². The molecule has 1 aromatic carbocycles. The number of nitrogens with one attached hydrogen (secondary N) is 2. The predicted molar refractivity (Wildman–Crippen MR) is 74.4 cm³/mol. The van der Waals surface area contributed by atoms with Crippen LogP contribution in [0.3, 0.4) is 0 Å². The van der Waals surface area contributed by atoms with E-state index >= 15 is 0 Å². The maximum Gasteiger partial charge on any atom is 0.274 e. The minimum atomic E-state index is -0.453. The van der Waals surface area contributed by atoms with Gasteiger partial charge in [0.25, 0.3) is 11.8 Å². The van der Waals surface area contributed by atoms with Gasteiger partial charge in [0, 0.05) is 17.8 Å². The molecule has 0 unspecified atom stereocenters. The predicted octanol–water partition coefficient (Wildman–Crippen LogP) is 1.37. The van der Waals surface area contributed by atoms with Crippen molar-refractivity contribution in [3.05, 3.63) is 42.1 Å². The van der Waals surface area contributed by atoms with Gasteiger partial charge in [-0.2, -0.15) is 0 Å². The zero-order valence-corrected chi connectivity index (χ0v) is 10.8. The Kier molecular flexibility index (Phi) is 3.15. The number of hydrogen-bond acceptors (Lipinski definition) is 5. The average molecular weight is 285 g/mol. The molecule has 21 heavy (non-hydrogen) atoms. The highest BCUT2D eigenvalue weighted by molar-refractivity contribution is 6.03. The molecule has 0 aliphatic carbocycles. The Morgan fingerprint density at radius 1 is 1.33 bits per heavy atom. The van der Waals surface area contributed by atoms with Crippen molar-refractivity contribution >= 4 is 23.2 Å². The van der Waals surface area contributed by atoms with Gasteiger partial charge >= 0.3 is 0 Å². The van der Waals surface area contributed by atoms with E-state index in [-0.39, 0.29) is 24.1 Å². The quantitative estimate of drug-likeness (QED) is 0.773. The number of rotatable bonds is 2. The van der Waals surface area contributed by atoms with E-state index in [9.17, 15) is 14.7 Å². The van der Waals surface area contributed by atoms with Crippen LogP contribution in [0.5, 0.6) is 11.6 Å². The molecule has 3 N–H and O–H groups in total. The van der Waals surface area contributed by atoms with Crippen LogP contribution in [-0.4, -0.2) is 28.5 Å². The van der Waals surface area contributed by atoms with Crippen molar-refractivity contribution in [3.63, 3.8) is 0 Å². The molecular formula is C14H11N3O4. The second-order valence-electron chi connectivity index (χ2n) is 4.38. The summed E-state index contributed by atoms with van der Waals surface area (Å²) >= 11 is 0. The molecule has 0 saturated carbocycles. The summed E-state index contributed by atoms with van der Waals surface area (Å²) < 4.78 is 5.26. The fraction of sp³-hybridized carbons (Fsp3) is 0.0714. The van der Waals surface area contributed by atoms with Crippen LogP contribution in [0, 0.1) is 0 Å². The fourth-order valence-electron chi connectivity index (χ4n) is 1.90. The second kappa shape index (κ2) is 5.12. The van der Waals surface area contributed by atoms with Crippen LogP contribution in [0.25, 0.3) is 0 Å². The van der Waals surface area contributed by atoms with Crippen LogP contribution in [0.15, 0.2) is 36.4 Å². The standard InChI is InChI=1S/C14H11N3O4/c18-12-3-1-2-10(17-12)14(20)15-8-4-5-9-11(6-8)21-7-13(19)16-9/h1-6H,7H2,(H,15,20)(H,16,19)(H,17,18). The minimum Gasteiger partial charge on any atom is -0.493 e. The van der Waals surface area contributed by atoms with E-state index in [1.54, 1.807) is 18.2 Å². The number of ether oxygens (including phenoxy) is 1. The van der Waals surface area contributed by atoms with Crippen LogP contribution < -0.4 is 15.4 Å². The largest absolute Gasteiger partial charge is 0.493 e. The molecule has 0 spiro atoms. The Morgan fingerprint density at radius 2 is 2.19 bits per heavy atom. The maximum atomic E-state index is 12.0. The number of fused-ring (bicyclic) bond motifs is 1. The van der Waals surface area contributed by atoms with Crippen molar-refractivity contribution in [1.82, 2.24) is 4.98 Å². The molecular weight excluding hydrogens is 274 g/mol. The third kappa shape index (κ3) is 2.76. The number of carbonyl (C=O) groups is 2. The summed E-state index contributed by atoms with van der Waals surface area (Å²) in [4.78, 5) is 26.9.